The smallest absolute Gasteiger partial charge is 0.309 e. The Labute approximate surface area is 92.5 Å². The monoisotopic (exact) mass is 216 g/mol. The Balaban J connectivity index is 3.95. The van der Waals surface area contributed by atoms with Crippen LogP contribution in [0.3, 0.4) is 0 Å². The Morgan fingerprint density at radius 1 is 1.07 bits per heavy atom. The van der Waals surface area contributed by atoms with Crippen molar-refractivity contribution < 1.29 is 15.0 Å². The Bertz CT molecular complexity index is 168. The van der Waals surface area contributed by atoms with Crippen LogP contribution in [0.1, 0.15) is 58.8 Å². The fourth-order valence-electron chi connectivity index (χ4n) is 1.71. The first-order valence-electron chi connectivity index (χ1n) is 6.04. The number of unbranched alkanes of at least 4 members (excludes halogenated alkanes) is 3. The van der Waals surface area contributed by atoms with Gasteiger partial charge >= 0.3 is 5.97 Å². The predicted octanol–water partition coefficient (Wildman–Crippen LogP) is 2.82. The molecule has 0 amide bonds. The van der Waals surface area contributed by atoms with Gasteiger partial charge in [0, 0.05) is 0 Å². The van der Waals surface area contributed by atoms with Gasteiger partial charge in [-0.05, 0) is 12.8 Å². The minimum absolute atomic E-state index is 0.567. The highest BCUT2D eigenvalue weighted by molar-refractivity contribution is 5.70. The van der Waals surface area contributed by atoms with E-state index >= 15 is 0 Å². The molecule has 0 fully saturated rings. The van der Waals surface area contributed by atoms with E-state index < -0.39 is 18.0 Å². The van der Waals surface area contributed by atoms with Crippen LogP contribution in [0.15, 0.2) is 0 Å². The summed E-state index contributed by atoms with van der Waals surface area (Å²) < 4.78 is 0. The van der Waals surface area contributed by atoms with Crippen molar-refractivity contribution in [1.82, 2.24) is 0 Å². The molecule has 0 radical (unpaired) electrons. The minimum atomic E-state index is -0.852. The van der Waals surface area contributed by atoms with Crippen LogP contribution in [0.25, 0.3) is 0 Å². The highest BCUT2D eigenvalue weighted by Gasteiger charge is 2.25. The summed E-state index contributed by atoms with van der Waals surface area (Å²) in [4.78, 5) is 10.9. The van der Waals surface area contributed by atoms with Gasteiger partial charge in [-0.25, -0.2) is 0 Å². The lowest BCUT2D eigenvalue weighted by Gasteiger charge is -2.18. The summed E-state index contributed by atoms with van der Waals surface area (Å²) in [7, 11) is 0. The Morgan fingerprint density at radius 3 is 2.13 bits per heavy atom. The van der Waals surface area contributed by atoms with Gasteiger partial charge in [0.25, 0.3) is 0 Å². The molecule has 0 heterocycles. The zero-order valence-electron chi connectivity index (χ0n) is 9.91. The van der Waals surface area contributed by atoms with Crippen LogP contribution >= 0.6 is 0 Å². The molecule has 0 spiro atoms. The molecular weight excluding hydrogens is 192 g/mol. The lowest BCUT2D eigenvalue weighted by Crippen LogP contribution is -2.28. The number of hydrogen-bond acceptors (Lipinski definition) is 2. The van der Waals surface area contributed by atoms with Gasteiger partial charge in [-0.1, -0.05) is 46.0 Å². The second-order valence-corrected chi connectivity index (χ2v) is 4.15. The third-order valence-electron chi connectivity index (χ3n) is 2.75. The van der Waals surface area contributed by atoms with E-state index in [0.717, 1.165) is 32.1 Å². The van der Waals surface area contributed by atoms with Crippen LogP contribution in [0, 0.1) is 5.92 Å². The molecule has 15 heavy (non-hydrogen) atoms. The van der Waals surface area contributed by atoms with Gasteiger partial charge in [0.1, 0.15) is 0 Å². The lowest BCUT2D eigenvalue weighted by atomic mass is 9.92. The van der Waals surface area contributed by atoms with Crippen molar-refractivity contribution >= 4 is 5.97 Å². The Hall–Kier alpha value is -0.570. The molecular formula is C12H24O3. The molecule has 0 aromatic rings. The lowest BCUT2D eigenvalue weighted by molar-refractivity contribution is -0.146. The SMILES string of the molecule is CCCCCC(C(=O)O)C(O)CCCC. The van der Waals surface area contributed by atoms with Crippen LogP contribution in [0.5, 0.6) is 0 Å². The van der Waals surface area contributed by atoms with E-state index in [1.165, 1.54) is 0 Å². The Kier molecular flexibility index (Phi) is 8.38. The van der Waals surface area contributed by atoms with Crippen LogP contribution in [0.2, 0.25) is 0 Å². The molecule has 0 aliphatic carbocycles. The fraction of sp³-hybridized carbons (Fsp3) is 0.917. The molecule has 3 nitrogen and oxygen atoms in total. The van der Waals surface area contributed by atoms with Crippen molar-refractivity contribution in [3.05, 3.63) is 0 Å². The number of hydrogen-bond donors (Lipinski definition) is 2. The maximum atomic E-state index is 10.9. The van der Waals surface area contributed by atoms with E-state index in [1.54, 1.807) is 0 Å². The van der Waals surface area contributed by atoms with E-state index in [2.05, 4.69) is 6.92 Å². The summed E-state index contributed by atoms with van der Waals surface area (Å²) in [6.07, 6.45) is 5.47. The quantitative estimate of drug-likeness (QED) is 0.583. The van der Waals surface area contributed by atoms with Gasteiger partial charge in [-0.3, -0.25) is 4.79 Å². The molecule has 0 bridgehead atoms. The second kappa shape index (κ2) is 8.72. The second-order valence-electron chi connectivity index (χ2n) is 4.15. The minimum Gasteiger partial charge on any atom is -0.481 e. The van der Waals surface area contributed by atoms with Crippen molar-refractivity contribution in [2.45, 2.75) is 64.9 Å². The average Bonchev–Trinajstić information content (AvgIpc) is 2.20. The van der Waals surface area contributed by atoms with Crippen molar-refractivity contribution in [2.75, 3.05) is 0 Å². The topological polar surface area (TPSA) is 57.5 Å². The summed E-state index contributed by atoms with van der Waals surface area (Å²) in [5, 5.41) is 18.7. The van der Waals surface area contributed by atoms with Crippen molar-refractivity contribution in [3.8, 4) is 0 Å². The molecule has 2 atom stereocenters. The van der Waals surface area contributed by atoms with Crippen molar-refractivity contribution in [2.24, 2.45) is 5.92 Å². The summed E-state index contributed by atoms with van der Waals surface area (Å²) in [5.41, 5.74) is 0. The van der Waals surface area contributed by atoms with Gasteiger partial charge in [-0.2, -0.15) is 0 Å². The standard InChI is InChI=1S/C12H24O3/c1-3-5-7-8-10(12(14)15)11(13)9-6-4-2/h10-11,13H,3-9H2,1-2H3,(H,14,15). The first-order valence-corrected chi connectivity index (χ1v) is 6.04. The molecule has 0 saturated heterocycles. The molecule has 0 aliphatic heterocycles. The molecule has 2 N–H and O–H groups in total. The molecule has 3 heteroatoms. The maximum absolute atomic E-state index is 10.9. The van der Waals surface area contributed by atoms with Gasteiger partial charge in [0.15, 0.2) is 0 Å². The van der Waals surface area contributed by atoms with Crippen LogP contribution in [0.4, 0.5) is 0 Å². The van der Waals surface area contributed by atoms with Gasteiger partial charge < -0.3 is 10.2 Å². The number of aliphatic hydroxyl groups is 1. The predicted molar refractivity (Wildman–Crippen MR) is 60.8 cm³/mol. The summed E-state index contributed by atoms with van der Waals surface area (Å²) in [5.74, 6) is -1.42. The summed E-state index contributed by atoms with van der Waals surface area (Å²) in [6, 6.07) is 0. The summed E-state index contributed by atoms with van der Waals surface area (Å²) >= 11 is 0. The van der Waals surface area contributed by atoms with Crippen molar-refractivity contribution in [3.63, 3.8) is 0 Å². The van der Waals surface area contributed by atoms with E-state index in [4.69, 9.17) is 5.11 Å². The molecule has 0 saturated carbocycles. The highest BCUT2D eigenvalue weighted by Crippen LogP contribution is 2.18. The number of carboxylic acid groups (broad SMARTS) is 1. The number of rotatable bonds is 9. The number of carbonyl (C=O) groups is 1. The average molecular weight is 216 g/mol. The van der Waals surface area contributed by atoms with Gasteiger partial charge in [-0.15, -0.1) is 0 Å². The number of carboxylic acids is 1. The molecule has 0 aromatic carbocycles. The van der Waals surface area contributed by atoms with E-state index in [9.17, 15) is 9.90 Å². The van der Waals surface area contributed by atoms with Gasteiger partial charge in [0.2, 0.25) is 0 Å². The fourth-order valence-corrected chi connectivity index (χ4v) is 1.71. The largest absolute Gasteiger partial charge is 0.481 e. The summed E-state index contributed by atoms with van der Waals surface area (Å²) in [6.45, 7) is 4.13. The Morgan fingerprint density at radius 2 is 1.67 bits per heavy atom. The number of aliphatic carboxylic acids is 1. The van der Waals surface area contributed by atoms with Gasteiger partial charge in [0.05, 0.1) is 12.0 Å². The van der Waals surface area contributed by atoms with E-state index in [1.807, 2.05) is 6.92 Å². The number of aliphatic hydroxyl groups excluding tert-OH is 1. The first kappa shape index (κ1) is 14.4. The highest BCUT2D eigenvalue weighted by atomic mass is 16.4. The molecule has 0 aromatic heterocycles. The molecule has 2 unspecified atom stereocenters. The zero-order chi connectivity index (χ0) is 11.7. The molecule has 90 valence electrons. The molecule has 0 aliphatic rings. The third kappa shape index (κ3) is 6.50. The zero-order valence-corrected chi connectivity index (χ0v) is 9.91. The van der Waals surface area contributed by atoms with Crippen LogP contribution in [-0.4, -0.2) is 22.3 Å². The van der Waals surface area contributed by atoms with Crippen molar-refractivity contribution in [1.29, 1.82) is 0 Å². The third-order valence-corrected chi connectivity index (χ3v) is 2.75. The first-order chi connectivity index (χ1) is 7.13. The van der Waals surface area contributed by atoms with Crippen LogP contribution in [-0.2, 0) is 4.79 Å². The van der Waals surface area contributed by atoms with E-state index in [0.29, 0.717) is 12.8 Å². The molecule has 0 rings (SSSR count). The maximum Gasteiger partial charge on any atom is 0.309 e. The van der Waals surface area contributed by atoms with E-state index in [-0.39, 0.29) is 0 Å². The normalized spacial score (nSPS) is 14.9. The van der Waals surface area contributed by atoms with Crippen LogP contribution < -0.4 is 0 Å².